The van der Waals surface area contributed by atoms with Gasteiger partial charge in [0.2, 0.25) is 0 Å². The maximum absolute atomic E-state index is 14.2. The summed E-state index contributed by atoms with van der Waals surface area (Å²) in [7, 11) is 0. The third kappa shape index (κ3) is 3.64. The fourth-order valence-corrected chi connectivity index (χ4v) is 2.53. The third-order valence-corrected chi connectivity index (χ3v) is 3.78. The Bertz CT molecular complexity index is 418. The molecule has 0 amide bonds. The Morgan fingerprint density at radius 1 is 1.20 bits per heavy atom. The molecule has 0 aliphatic carbocycles. The summed E-state index contributed by atoms with van der Waals surface area (Å²) in [5.41, 5.74) is 6.00. The van der Waals surface area contributed by atoms with Crippen LogP contribution in [0, 0.1) is 5.82 Å². The molecule has 5 nitrogen and oxygen atoms in total. The minimum Gasteiger partial charge on any atom is -0.352 e. The fraction of sp³-hybridized carbons (Fsp3) is 0.714. The van der Waals surface area contributed by atoms with Gasteiger partial charge in [-0.15, -0.1) is 0 Å². The molecule has 1 fully saturated rings. The lowest BCUT2D eigenvalue weighted by molar-refractivity contribution is 0.252. The Balaban J connectivity index is 1.90. The van der Waals surface area contributed by atoms with Gasteiger partial charge < -0.3 is 10.6 Å². The fourth-order valence-electron chi connectivity index (χ4n) is 2.53. The van der Waals surface area contributed by atoms with E-state index in [0.717, 1.165) is 52.1 Å². The first-order chi connectivity index (χ1) is 9.76. The molecule has 0 unspecified atom stereocenters. The van der Waals surface area contributed by atoms with Crippen LogP contribution in [0.4, 0.5) is 10.2 Å². The monoisotopic (exact) mass is 281 g/mol. The SMILES string of the molecule is CCc1ncnc(N2CCN(CCCCN)CC2)c1F. The Hall–Kier alpha value is -1.27. The molecule has 0 bridgehead atoms. The predicted molar refractivity (Wildman–Crippen MR) is 78.3 cm³/mol. The quantitative estimate of drug-likeness (QED) is 0.790. The zero-order chi connectivity index (χ0) is 14.4. The number of aryl methyl sites for hydroxylation is 1. The predicted octanol–water partition coefficient (Wildman–Crippen LogP) is 1.04. The maximum Gasteiger partial charge on any atom is 0.187 e. The normalized spacial score (nSPS) is 16.6. The molecule has 6 heteroatoms. The molecule has 0 radical (unpaired) electrons. The molecule has 1 aromatic heterocycles. The summed E-state index contributed by atoms with van der Waals surface area (Å²) < 4.78 is 14.2. The van der Waals surface area contributed by atoms with Gasteiger partial charge >= 0.3 is 0 Å². The molecule has 2 rings (SSSR count). The Kier molecular flexibility index (Phi) is 5.67. The molecule has 1 aliphatic rings. The van der Waals surface area contributed by atoms with E-state index in [1.165, 1.54) is 6.33 Å². The smallest absolute Gasteiger partial charge is 0.187 e. The van der Waals surface area contributed by atoms with Crippen LogP contribution >= 0.6 is 0 Å². The van der Waals surface area contributed by atoms with Crippen molar-refractivity contribution in [1.82, 2.24) is 14.9 Å². The van der Waals surface area contributed by atoms with Gasteiger partial charge in [0, 0.05) is 26.2 Å². The summed E-state index contributed by atoms with van der Waals surface area (Å²) in [5, 5.41) is 0. The number of anilines is 1. The van der Waals surface area contributed by atoms with Crippen molar-refractivity contribution in [2.75, 3.05) is 44.2 Å². The van der Waals surface area contributed by atoms with Gasteiger partial charge in [-0.3, -0.25) is 4.90 Å². The van der Waals surface area contributed by atoms with Gasteiger partial charge in [0.05, 0.1) is 5.69 Å². The van der Waals surface area contributed by atoms with Crippen molar-refractivity contribution in [1.29, 1.82) is 0 Å². The van der Waals surface area contributed by atoms with E-state index in [1.807, 2.05) is 11.8 Å². The van der Waals surface area contributed by atoms with Crippen LogP contribution in [0.15, 0.2) is 6.33 Å². The van der Waals surface area contributed by atoms with E-state index in [2.05, 4.69) is 14.9 Å². The number of halogens is 1. The number of rotatable bonds is 6. The molecule has 0 aromatic carbocycles. The summed E-state index contributed by atoms with van der Waals surface area (Å²) in [4.78, 5) is 12.5. The maximum atomic E-state index is 14.2. The molecule has 0 atom stereocenters. The summed E-state index contributed by atoms with van der Waals surface area (Å²) in [6, 6.07) is 0. The van der Waals surface area contributed by atoms with Crippen LogP contribution in [0.2, 0.25) is 0 Å². The minimum absolute atomic E-state index is 0.258. The van der Waals surface area contributed by atoms with Crippen molar-refractivity contribution in [2.45, 2.75) is 26.2 Å². The van der Waals surface area contributed by atoms with Crippen molar-refractivity contribution >= 4 is 5.82 Å². The second kappa shape index (κ2) is 7.50. The average Bonchev–Trinajstić information content (AvgIpc) is 2.49. The zero-order valence-electron chi connectivity index (χ0n) is 12.2. The van der Waals surface area contributed by atoms with E-state index < -0.39 is 0 Å². The van der Waals surface area contributed by atoms with Crippen LogP contribution in [-0.2, 0) is 6.42 Å². The van der Waals surface area contributed by atoms with Crippen molar-refractivity contribution in [3.63, 3.8) is 0 Å². The number of piperazine rings is 1. The van der Waals surface area contributed by atoms with E-state index in [9.17, 15) is 4.39 Å². The van der Waals surface area contributed by atoms with E-state index in [0.29, 0.717) is 17.9 Å². The molecule has 1 saturated heterocycles. The first-order valence-electron chi connectivity index (χ1n) is 7.43. The van der Waals surface area contributed by atoms with E-state index in [-0.39, 0.29) is 5.82 Å². The summed E-state index contributed by atoms with van der Waals surface area (Å²) in [5.74, 6) is 0.199. The summed E-state index contributed by atoms with van der Waals surface area (Å²) in [6.45, 7) is 7.29. The number of aromatic nitrogens is 2. The van der Waals surface area contributed by atoms with E-state index in [1.54, 1.807) is 0 Å². The van der Waals surface area contributed by atoms with E-state index >= 15 is 0 Å². The highest BCUT2D eigenvalue weighted by Gasteiger charge is 2.21. The molecular weight excluding hydrogens is 257 g/mol. The second-order valence-electron chi connectivity index (χ2n) is 5.14. The van der Waals surface area contributed by atoms with Crippen LogP contribution in [-0.4, -0.2) is 54.1 Å². The number of hydrogen-bond donors (Lipinski definition) is 1. The van der Waals surface area contributed by atoms with Gasteiger partial charge in [0.25, 0.3) is 0 Å². The van der Waals surface area contributed by atoms with Crippen molar-refractivity contribution in [3.05, 3.63) is 17.8 Å². The van der Waals surface area contributed by atoms with Crippen molar-refractivity contribution < 1.29 is 4.39 Å². The zero-order valence-corrected chi connectivity index (χ0v) is 12.2. The van der Waals surface area contributed by atoms with Crippen LogP contribution in [0.3, 0.4) is 0 Å². The van der Waals surface area contributed by atoms with Crippen LogP contribution in [0.5, 0.6) is 0 Å². The first kappa shape index (κ1) is 15.1. The van der Waals surface area contributed by atoms with Gasteiger partial charge in [-0.2, -0.15) is 0 Å². The second-order valence-corrected chi connectivity index (χ2v) is 5.14. The average molecular weight is 281 g/mol. The Labute approximate surface area is 120 Å². The van der Waals surface area contributed by atoms with Crippen LogP contribution < -0.4 is 10.6 Å². The molecule has 0 spiro atoms. The number of nitrogens with zero attached hydrogens (tertiary/aromatic N) is 4. The topological polar surface area (TPSA) is 58.3 Å². The molecular formula is C14H24FN5. The van der Waals surface area contributed by atoms with Gasteiger partial charge in [-0.05, 0) is 32.4 Å². The van der Waals surface area contributed by atoms with Gasteiger partial charge in [-0.1, -0.05) is 6.92 Å². The largest absolute Gasteiger partial charge is 0.352 e. The Morgan fingerprint density at radius 3 is 2.60 bits per heavy atom. The molecule has 1 aliphatic heterocycles. The first-order valence-corrected chi connectivity index (χ1v) is 7.43. The van der Waals surface area contributed by atoms with Gasteiger partial charge in [0.1, 0.15) is 6.33 Å². The standard InChI is InChI=1S/C14H24FN5/c1-2-12-13(15)14(18-11-17-12)20-9-7-19(8-10-20)6-4-3-5-16/h11H,2-10,16H2,1H3. The molecule has 2 N–H and O–H groups in total. The lowest BCUT2D eigenvalue weighted by Gasteiger charge is -2.35. The van der Waals surface area contributed by atoms with Crippen molar-refractivity contribution in [2.24, 2.45) is 5.73 Å². The molecule has 20 heavy (non-hydrogen) atoms. The summed E-state index contributed by atoms with van der Waals surface area (Å²) in [6.07, 6.45) is 4.27. The van der Waals surface area contributed by atoms with E-state index in [4.69, 9.17) is 5.73 Å². The third-order valence-electron chi connectivity index (χ3n) is 3.78. The Morgan fingerprint density at radius 2 is 1.95 bits per heavy atom. The number of unbranched alkanes of at least 4 members (excludes halogenated alkanes) is 1. The highest BCUT2D eigenvalue weighted by atomic mass is 19.1. The van der Waals surface area contributed by atoms with Gasteiger partial charge in [-0.25, -0.2) is 14.4 Å². The lowest BCUT2D eigenvalue weighted by atomic mass is 10.2. The molecule has 112 valence electrons. The van der Waals surface area contributed by atoms with Crippen LogP contribution in [0.25, 0.3) is 0 Å². The minimum atomic E-state index is -0.258. The van der Waals surface area contributed by atoms with Crippen molar-refractivity contribution in [3.8, 4) is 0 Å². The highest BCUT2D eigenvalue weighted by molar-refractivity contribution is 5.41. The summed E-state index contributed by atoms with van der Waals surface area (Å²) >= 11 is 0. The highest BCUT2D eigenvalue weighted by Crippen LogP contribution is 2.19. The number of hydrogen-bond acceptors (Lipinski definition) is 5. The molecule has 1 aromatic rings. The number of nitrogens with two attached hydrogens (primary N) is 1. The molecule has 0 saturated carbocycles. The molecule has 2 heterocycles. The lowest BCUT2D eigenvalue weighted by Crippen LogP contribution is -2.47. The van der Waals surface area contributed by atoms with Crippen LogP contribution in [0.1, 0.15) is 25.5 Å². The van der Waals surface area contributed by atoms with Gasteiger partial charge in [0.15, 0.2) is 11.6 Å².